The summed E-state index contributed by atoms with van der Waals surface area (Å²) in [6.07, 6.45) is 1.84. The molecule has 0 heterocycles. The van der Waals surface area contributed by atoms with Gasteiger partial charge in [0.15, 0.2) is 0 Å². The topological polar surface area (TPSA) is 0 Å². The summed E-state index contributed by atoms with van der Waals surface area (Å²) in [6.45, 7) is 8.28. The molecular weight excluding hydrogens is 492 g/mol. The molecule has 0 fully saturated rings. The molecule has 0 unspecified atom stereocenters. The van der Waals surface area contributed by atoms with E-state index in [0.29, 0.717) is 0 Å². The number of hydrogen-bond donors (Lipinski definition) is 0. The van der Waals surface area contributed by atoms with Gasteiger partial charge in [0.1, 0.15) is 0 Å². The molecule has 0 aromatic heterocycles. The predicted octanol–water partition coefficient (Wildman–Crippen LogP) is 10.6. The predicted molar refractivity (Wildman–Crippen MR) is 174 cm³/mol. The van der Waals surface area contributed by atoms with Crippen molar-refractivity contribution in [1.29, 1.82) is 0 Å². The molecule has 0 atom stereocenters. The van der Waals surface area contributed by atoms with Crippen molar-refractivity contribution in [3.63, 3.8) is 0 Å². The smallest absolute Gasteiger partial charge is 0.0713 e. The van der Waals surface area contributed by atoms with Crippen LogP contribution in [0.1, 0.15) is 27.8 Å². The summed E-state index contributed by atoms with van der Waals surface area (Å²) in [5, 5.41) is 0. The van der Waals surface area contributed by atoms with Gasteiger partial charge in [0.2, 0.25) is 0 Å². The van der Waals surface area contributed by atoms with Crippen LogP contribution in [0.2, 0.25) is 0 Å². The van der Waals surface area contributed by atoms with E-state index >= 15 is 0 Å². The molecule has 1 aliphatic rings. The third-order valence-corrected chi connectivity index (χ3v) is 8.51. The van der Waals surface area contributed by atoms with Crippen LogP contribution in [0.3, 0.4) is 0 Å². The number of allylic oxidation sites excluding steroid dienone is 2. The van der Waals surface area contributed by atoms with Gasteiger partial charge in [0, 0.05) is 0 Å². The molecule has 0 bridgehead atoms. The fourth-order valence-electron chi connectivity index (χ4n) is 6.47. The monoisotopic (exact) mass is 522 g/mol. The van der Waals surface area contributed by atoms with E-state index in [0.717, 1.165) is 11.1 Å². The zero-order valence-corrected chi connectivity index (χ0v) is 22.9. The van der Waals surface area contributed by atoms with E-state index < -0.39 is 5.41 Å². The van der Waals surface area contributed by atoms with Crippen molar-refractivity contribution in [2.45, 2.75) is 5.41 Å². The Kier molecular flexibility index (Phi) is 6.10. The fraction of sp³-hybridized carbons (Fsp3) is 0.0244. The van der Waals surface area contributed by atoms with Gasteiger partial charge in [-0.25, -0.2) is 0 Å². The first-order chi connectivity index (χ1) is 20.2. The Labute approximate surface area is 242 Å². The molecular formula is C41H30. The standard InChI is InChI=1S/C41H30/c1-3-29(2)34-22-27-38-37-16-10-11-17-39(37)41(40(38)28-34,35-23-18-32(19-24-35)30-12-6-4-7-13-30)36-25-20-33(21-26-36)31-14-8-5-9-15-31/h3-28H,1-2H2. The van der Waals surface area contributed by atoms with Gasteiger partial charge in [-0.3, -0.25) is 0 Å². The van der Waals surface area contributed by atoms with Crippen molar-refractivity contribution in [2.75, 3.05) is 0 Å². The van der Waals surface area contributed by atoms with Crippen LogP contribution in [0, 0.1) is 0 Å². The molecule has 0 saturated heterocycles. The van der Waals surface area contributed by atoms with E-state index in [1.807, 2.05) is 6.08 Å². The van der Waals surface area contributed by atoms with E-state index in [1.54, 1.807) is 0 Å². The van der Waals surface area contributed by atoms with E-state index in [2.05, 4.69) is 165 Å². The van der Waals surface area contributed by atoms with Gasteiger partial charge in [-0.1, -0.05) is 165 Å². The van der Waals surface area contributed by atoms with Crippen molar-refractivity contribution < 1.29 is 0 Å². The van der Waals surface area contributed by atoms with Gasteiger partial charge in [-0.15, -0.1) is 0 Å². The second kappa shape index (κ2) is 10.1. The molecule has 0 aliphatic heterocycles. The lowest BCUT2D eigenvalue weighted by molar-refractivity contribution is 0.768. The number of benzene rings is 6. The summed E-state index contributed by atoms with van der Waals surface area (Å²) in [7, 11) is 0. The molecule has 194 valence electrons. The maximum atomic E-state index is 4.28. The number of fused-ring (bicyclic) bond motifs is 3. The SMILES string of the molecule is C=CC(=C)c1ccc2c(c1)C(c1ccc(-c3ccccc3)cc1)(c1ccc(-c3ccccc3)cc1)c1ccccc1-2. The average Bonchev–Trinajstić information content (AvgIpc) is 3.36. The summed E-state index contributed by atoms with van der Waals surface area (Å²) < 4.78 is 0. The summed E-state index contributed by atoms with van der Waals surface area (Å²) in [4.78, 5) is 0. The third kappa shape index (κ3) is 4.00. The summed E-state index contributed by atoms with van der Waals surface area (Å²) >= 11 is 0. The minimum absolute atomic E-state index is 0.478. The van der Waals surface area contributed by atoms with Crippen LogP contribution in [-0.4, -0.2) is 0 Å². The van der Waals surface area contributed by atoms with E-state index in [4.69, 9.17) is 0 Å². The van der Waals surface area contributed by atoms with E-state index in [9.17, 15) is 0 Å². The Morgan fingerprint density at radius 3 is 1.46 bits per heavy atom. The van der Waals surface area contributed by atoms with Gasteiger partial charge < -0.3 is 0 Å². The Balaban J connectivity index is 1.50. The van der Waals surface area contributed by atoms with Crippen molar-refractivity contribution in [2.24, 2.45) is 0 Å². The maximum Gasteiger partial charge on any atom is 0.0713 e. The molecule has 6 aromatic rings. The van der Waals surface area contributed by atoms with Gasteiger partial charge in [0.25, 0.3) is 0 Å². The molecule has 0 saturated carbocycles. The van der Waals surface area contributed by atoms with E-state index in [1.165, 1.54) is 55.6 Å². The highest BCUT2D eigenvalue weighted by Gasteiger charge is 2.46. The molecule has 0 N–H and O–H groups in total. The van der Waals surface area contributed by atoms with Gasteiger partial charge in [0.05, 0.1) is 5.41 Å². The van der Waals surface area contributed by atoms with Crippen LogP contribution in [0.15, 0.2) is 171 Å². The highest BCUT2D eigenvalue weighted by Crippen LogP contribution is 2.56. The first-order valence-electron chi connectivity index (χ1n) is 14.1. The van der Waals surface area contributed by atoms with Crippen molar-refractivity contribution in [3.05, 3.63) is 199 Å². The lowest BCUT2D eigenvalue weighted by atomic mass is 9.67. The van der Waals surface area contributed by atoms with Gasteiger partial charge in [-0.05, 0) is 72.8 Å². The molecule has 41 heavy (non-hydrogen) atoms. The minimum Gasteiger partial charge on any atom is -0.0985 e. The zero-order chi connectivity index (χ0) is 27.8. The third-order valence-electron chi connectivity index (χ3n) is 8.51. The average molecular weight is 523 g/mol. The molecule has 0 amide bonds. The quantitative estimate of drug-likeness (QED) is 0.191. The fourth-order valence-corrected chi connectivity index (χ4v) is 6.47. The van der Waals surface area contributed by atoms with Crippen molar-refractivity contribution in [3.8, 4) is 33.4 Å². The maximum absolute atomic E-state index is 4.28. The zero-order valence-electron chi connectivity index (χ0n) is 22.9. The summed E-state index contributed by atoms with van der Waals surface area (Å²) in [5.41, 5.74) is 14.0. The van der Waals surface area contributed by atoms with Gasteiger partial charge >= 0.3 is 0 Å². The first-order valence-corrected chi connectivity index (χ1v) is 14.1. The Hall–Kier alpha value is -5.20. The van der Waals surface area contributed by atoms with Crippen LogP contribution in [0.5, 0.6) is 0 Å². The van der Waals surface area contributed by atoms with Gasteiger partial charge in [-0.2, -0.15) is 0 Å². The highest BCUT2D eigenvalue weighted by atomic mass is 14.5. The summed E-state index contributed by atoms with van der Waals surface area (Å²) in [6, 6.07) is 55.1. The van der Waals surface area contributed by atoms with Crippen LogP contribution >= 0.6 is 0 Å². The minimum atomic E-state index is -0.478. The Bertz CT molecular complexity index is 1790. The molecule has 0 heteroatoms. The molecule has 6 aromatic carbocycles. The molecule has 0 nitrogen and oxygen atoms in total. The number of rotatable bonds is 6. The number of hydrogen-bond acceptors (Lipinski definition) is 0. The van der Waals surface area contributed by atoms with Crippen LogP contribution in [0.25, 0.3) is 39.0 Å². The largest absolute Gasteiger partial charge is 0.0985 e. The summed E-state index contributed by atoms with van der Waals surface area (Å²) in [5.74, 6) is 0. The second-order valence-electron chi connectivity index (χ2n) is 10.7. The van der Waals surface area contributed by atoms with Crippen LogP contribution < -0.4 is 0 Å². The first kappa shape index (κ1) is 24.8. The highest BCUT2D eigenvalue weighted by molar-refractivity contribution is 5.88. The lowest BCUT2D eigenvalue weighted by Gasteiger charge is -2.34. The Morgan fingerprint density at radius 2 is 0.927 bits per heavy atom. The van der Waals surface area contributed by atoms with Crippen LogP contribution in [0.4, 0.5) is 0 Å². The molecule has 0 radical (unpaired) electrons. The lowest BCUT2D eigenvalue weighted by Crippen LogP contribution is -2.28. The Morgan fingerprint density at radius 1 is 0.463 bits per heavy atom. The van der Waals surface area contributed by atoms with E-state index in [-0.39, 0.29) is 0 Å². The van der Waals surface area contributed by atoms with Crippen molar-refractivity contribution in [1.82, 2.24) is 0 Å². The molecule has 0 spiro atoms. The molecule has 1 aliphatic carbocycles. The van der Waals surface area contributed by atoms with Crippen LogP contribution in [-0.2, 0) is 5.41 Å². The second-order valence-corrected chi connectivity index (χ2v) is 10.7. The molecule has 7 rings (SSSR count). The normalized spacial score (nSPS) is 12.8. The van der Waals surface area contributed by atoms with Crippen molar-refractivity contribution >= 4 is 5.57 Å².